The van der Waals surface area contributed by atoms with Crippen LogP contribution in [0.15, 0.2) is 48.5 Å². The average molecular weight is 269 g/mol. The molecule has 2 aromatic rings. The number of anilines is 1. The summed E-state index contributed by atoms with van der Waals surface area (Å²) in [6.45, 7) is 7.16. The zero-order chi connectivity index (χ0) is 14.4. The summed E-state index contributed by atoms with van der Waals surface area (Å²) >= 11 is 0. The average Bonchev–Trinajstić information content (AvgIpc) is 2.45. The largest absolute Gasteiger partial charge is 0.491 e. The zero-order valence-electron chi connectivity index (χ0n) is 12.5. The van der Waals surface area contributed by atoms with Crippen molar-refractivity contribution < 1.29 is 4.74 Å². The Bertz CT molecular complexity index is 551. The first-order valence-corrected chi connectivity index (χ1v) is 7.23. The van der Waals surface area contributed by atoms with E-state index in [1.807, 2.05) is 12.1 Å². The Morgan fingerprint density at radius 2 is 1.90 bits per heavy atom. The van der Waals surface area contributed by atoms with Crippen molar-refractivity contribution in [3.8, 4) is 5.75 Å². The number of rotatable bonds is 6. The lowest BCUT2D eigenvalue weighted by atomic mass is 10.1. The van der Waals surface area contributed by atoms with Crippen LogP contribution in [-0.4, -0.2) is 6.10 Å². The number of hydrogen-bond donors (Lipinski definition) is 1. The van der Waals surface area contributed by atoms with E-state index in [4.69, 9.17) is 4.74 Å². The highest BCUT2D eigenvalue weighted by Crippen LogP contribution is 2.20. The minimum atomic E-state index is 0.252. The van der Waals surface area contributed by atoms with Gasteiger partial charge in [-0.05, 0) is 38.0 Å². The first kappa shape index (κ1) is 14.4. The van der Waals surface area contributed by atoms with Gasteiger partial charge in [-0.3, -0.25) is 0 Å². The molecule has 2 rings (SSSR count). The molecule has 106 valence electrons. The first-order chi connectivity index (χ1) is 9.67. The normalized spacial score (nSPS) is 11.9. The van der Waals surface area contributed by atoms with Gasteiger partial charge in [-0.25, -0.2) is 0 Å². The van der Waals surface area contributed by atoms with Gasteiger partial charge < -0.3 is 10.1 Å². The molecule has 0 aliphatic carbocycles. The van der Waals surface area contributed by atoms with Gasteiger partial charge in [0.25, 0.3) is 0 Å². The summed E-state index contributed by atoms with van der Waals surface area (Å²) in [4.78, 5) is 0. The monoisotopic (exact) mass is 269 g/mol. The lowest BCUT2D eigenvalue weighted by Gasteiger charge is -2.14. The molecule has 1 N–H and O–H groups in total. The van der Waals surface area contributed by atoms with Gasteiger partial charge in [0.2, 0.25) is 0 Å². The van der Waals surface area contributed by atoms with Gasteiger partial charge in [-0.1, -0.05) is 42.8 Å². The predicted molar refractivity (Wildman–Crippen MR) is 85.3 cm³/mol. The smallest absolute Gasteiger partial charge is 0.121 e. The highest BCUT2D eigenvalue weighted by atomic mass is 16.5. The summed E-state index contributed by atoms with van der Waals surface area (Å²) in [5, 5.41) is 3.44. The standard InChI is InChI=1S/C18H23NO/c1-4-15(3)20-18-10-6-9-17(12-18)19-13-16-8-5-7-14(2)11-16/h5-12,15,19H,4,13H2,1-3H3. The number of aryl methyl sites for hydroxylation is 1. The van der Waals surface area contributed by atoms with Gasteiger partial charge in [-0.15, -0.1) is 0 Å². The molecule has 0 amide bonds. The lowest BCUT2D eigenvalue weighted by Crippen LogP contribution is -2.09. The van der Waals surface area contributed by atoms with Crippen LogP contribution in [-0.2, 0) is 6.54 Å². The highest BCUT2D eigenvalue weighted by Gasteiger charge is 2.02. The van der Waals surface area contributed by atoms with Gasteiger partial charge in [0, 0.05) is 18.3 Å². The maximum atomic E-state index is 5.84. The van der Waals surface area contributed by atoms with E-state index in [-0.39, 0.29) is 6.10 Å². The van der Waals surface area contributed by atoms with Gasteiger partial charge in [0.15, 0.2) is 0 Å². The molecule has 20 heavy (non-hydrogen) atoms. The van der Waals surface area contributed by atoms with E-state index >= 15 is 0 Å². The Kier molecular flexibility index (Phi) is 5.05. The van der Waals surface area contributed by atoms with Crippen LogP contribution in [0.4, 0.5) is 5.69 Å². The predicted octanol–water partition coefficient (Wildman–Crippen LogP) is 4.78. The van der Waals surface area contributed by atoms with Crippen molar-refractivity contribution in [3.63, 3.8) is 0 Å². The molecule has 0 aliphatic heterocycles. The van der Waals surface area contributed by atoms with E-state index in [1.54, 1.807) is 0 Å². The summed E-state index contributed by atoms with van der Waals surface area (Å²) in [7, 11) is 0. The number of hydrogen-bond acceptors (Lipinski definition) is 2. The first-order valence-electron chi connectivity index (χ1n) is 7.23. The molecule has 2 aromatic carbocycles. The molecule has 0 saturated carbocycles. The van der Waals surface area contributed by atoms with E-state index in [2.05, 4.69) is 62.5 Å². The molecule has 2 nitrogen and oxygen atoms in total. The zero-order valence-corrected chi connectivity index (χ0v) is 12.5. The van der Waals surface area contributed by atoms with Gasteiger partial charge >= 0.3 is 0 Å². The molecular weight excluding hydrogens is 246 g/mol. The number of benzene rings is 2. The summed E-state index contributed by atoms with van der Waals surface area (Å²) < 4.78 is 5.84. The molecule has 2 heteroatoms. The summed E-state index contributed by atoms with van der Waals surface area (Å²) in [6.07, 6.45) is 1.27. The second-order valence-corrected chi connectivity index (χ2v) is 5.21. The second kappa shape index (κ2) is 6.99. The fraction of sp³-hybridized carbons (Fsp3) is 0.333. The SMILES string of the molecule is CCC(C)Oc1cccc(NCc2cccc(C)c2)c1. The van der Waals surface area contributed by atoms with Crippen LogP contribution in [0.3, 0.4) is 0 Å². The Morgan fingerprint density at radius 3 is 2.65 bits per heavy atom. The molecule has 0 spiro atoms. The van der Waals surface area contributed by atoms with E-state index < -0.39 is 0 Å². The fourth-order valence-corrected chi connectivity index (χ4v) is 2.02. The Labute approximate surface area is 121 Å². The molecule has 0 bridgehead atoms. The Hall–Kier alpha value is -1.96. The van der Waals surface area contributed by atoms with Crippen LogP contribution in [0.5, 0.6) is 5.75 Å². The van der Waals surface area contributed by atoms with Gasteiger partial charge in [0.05, 0.1) is 6.10 Å². The molecule has 1 unspecified atom stereocenters. The number of ether oxygens (including phenoxy) is 1. The topological polar surface area (TPSA) is 21.3 Å². The minimum absolute atomic E-state index is 0.252. The Balaban J connectivity index is 1.97. The van der Waals surface area contributed by atoms with Crippen molar-refractivity contribution in [1.82, 2.24) is 0 Å². The summed E-state index contributed by atoms with van der Waals surface area (Å²) in [5.74, 6) is 0.925. The van der Waals surface area contributed by atoms with Crippen molar-refractivity contribution in [3.05, 3.63) is 59.7 Å². The van der Waals surface area contributed by atoms with Crippen LogP contribution in [0.2, 0.25) is 0 Å². The van der Waals surface area contributed by atoms with Crippen LogP contribution >= 0.6 is 0 Å². The molecular formula is C18H23NO. The third-order valence-corrected chi connectivity index (χ3v) is 3.33. The highest BCUT2D eigenvalue weighted by molar-refractivity contribution is 5.48. The van der Waals surface area contributed by atoms with Crippen LogP contribution in [0.25, 0.3) is 0 Å². The van der Waals surface area contributed by atoms with Crippen molar-refractivity contribution in [2.24, 2.45) is 0 Å². The maximum absolute atomic E-state index is 5.84. The molecule has 0 aromatic heterocycles. The lowest BCUT2D eigenvalue weighted by molar-refractivity contribution is 0.217. The van der Waals surface area contributed by atoms with E-state index in [9.17, 15) is 0 Å². The van der Waals surface area contributed by atoms with Crippen molar-refractivity contribution in [1.29, 1.82) is 0 Å². The van der Waals surface area contributed by atoms with Gasteiger partial charge in [-0.2, -0.15) is 0 Å². The summed E-state index contributed by atoms with van der Waals surface area (Å²) in [6, 6.07) is 16.7. The van der Waals surface area contributed by atoms with Crippen molar-refractivity contribution in [2.75, 3.05) is 5.32 Å². The van der Waals surface area contributed by atoms with E-state index in [0.29, 0.717) is 0 Å². The molecule has 0 radical (unpaired) electrons. The minimum Gasteiger partial charge on any atom is -0.491 e. The fourth-order valence-electron chi connectivity index (χ4n) is 2.02. The van der Waals surface area contributed by atoms with Crippen LogP contribution in [0, 0.1) is 6.92 Å². The van der Waals surface area contributed by atoms with Crippen molar-refractivity contribution in [2.45, 2.75) is 39.8 Å². The molecule has 1 atom stereocenters. The maximum Gasteiger partial charge on any atom is 0.121 e. The number of nitrogens with one attached hydrogen (secondary N) is 1. The van der Waals surface area contributed by atoms with E-state index in [0.717, 1.165) is 24.4 Å². The molecule has 0 fully saturated rings. The van der Waals surface area contributed by atoms with Gasteiger partial charge in [0.1, 0.15) is 5.75 Å². The third-order valence-electron chi connectivity index (χ3n) is 3.33. The molecule has 0 aliphatic rings. The Morgan fingerprint density at radius 1 is 1.10 bits per heavy atom. The molecule has 0 heterocycles. The van der Waals surface area contributed by atoms with E-state index in [1.165, 1.54) is 11.1 Å². The summed E-state index contributed by atoms with van der Waals surface area (Å²) in [5.41, 5.74) is 3.67. The van der Waals surface area contributed by atoms with Crippen LogP contribution < -0.4 is 10.1 Å². The third kappa shape index (κ3) is 4.30. The van der Waals surface area contributed by atoms with Crippen molar-refractivity contribution >= 4 is 5.69 Å². The van der Waals surface area contributed by atoms with Crippen LogP contribution in [0.1, 0.15) is 31.4 Å². The molecule has 0 saturated heterocycles. The quantitative estimate of drug-likeness (QED) is 0.814. The second-order valence-electron chi connectivity index (χ2n) is 5.21.